The van der Waals surface area contributed by atoms with Crippen LogP contribution >= 0.6 is 24.0 Å². The molecule has 0 radical (unpaired) electrons. The van der Waals surface area contributed by atoms with Crippen LogP contribution in [0.3, 0.4) is 0 Å². The number of nitrogens with one attached hydrogen (secondary N) is 1. The van der Waals surface area contributed by atoms with Crippen molar-refractivity contribution in [3.8, 4) is 5.75 Å². The van der Waals surface area contributed by atoms with Crippen LogP contribution in [0, 0.1) is 5.82 Å². The molecule has 130 valence electrons. The first-order valence-corrected chi connectivity index (χ1v) is 7.85. The SMILES string of the molecule is CCN1CCCC1CN=C(N)NCCOc1cccc(F)c1.I. The van der Waals surface area contributed by atoms with Gasteiger partial charge >= 0.3 is 0 Å². The Bertz CT molecular complexity index is 501. The lowest BCUT2D eigenvalue weighted by Crippen LogP contribution is -2.37. The molecule has 23 heavy (non-hydrogen) atoms. The predicted octanol–water partition coefficient (Wildman–Crippen LogP) is 2.21. The Morgan fingerprint density at radius 3 is 3.09 bits per heavy atom. The van der Waals surface area contributed by atoms with Crippen LogP contribution in [0.1, 0.15) is 19.8 Å². The fourth-order valence-electron chi connectivity index (χ4n) is 2.68. The van der Waals surface area contributed by atoms with E-state index in [1.807, 2.05) is 0 Å². The summed E-state index contributed by atoms with van der Waals surface area (Å²) < 4.78 is 18.4. The van der Waals surface area contributed by atoms with Crippen molar-refractivity contribution in [3.63, 3.8) is 0 Å². The summed E-state index contributed by atoms with van der Waals surface area (Å²) in [5.41, 5.74) is 5.85. The summed E-state index contributed by atoms with van der Waals surface area (Å²) in [7, 11) is 0. The van der Waals surface area contributed by atoms with Gasteiger partial charge in [0.25, 0.3) is 0 Å². The van der Waals surface area contributed by atoms with Gasteiger partial charge in [-0.15, -0.1) is 24.0 Å². The van der Waals surface area contributed by atoms with Gasteiger partial charge in [-0.3, -0.25) is 9.89 Å². The highest BCUT2D eigenvalue weighted by Crippen LogP contribution is 2.16. The van der Waals surface area contributed by atoms with Crippen LogP contribution in [0.2, 0.25) is 0 Å². The molecule has 1 unspecified atom stereocenters. The highest BCUT2D eigenvalue weighted by Gasteiger charge is 2.22. The van der Waals surface area contributed by atoms with Gasteiger partial charge in [-0.05, 0) is 38.1 Å². The number of nitrogens with zero attached hydrogens (tertiary/aromatic N) is 2. The van der Waals surface area contributed by atoms with Gasteiger partial charge < -0.3 is 15.8 Å². The van der Waals surface area contributed by atoms with Gasteiger partial charge in [0.2, 0.25) is 0 Å². The first kappa shape index (κ1) is 20.0. The van der Waals surface area contributed by atoms with E-state index in [0.29, 0.717) is 30.9 Å². The van der Waals surface area contributed by atoms with Gasteiger partial charge in [0.15, 0.2) is 5.96 Å². The molecule has 1 atom stereocenters. The molecule has 0 aromatic heterocycles. The topological polar surface area (TPSA) is 62.9 Å². The number of ether oxygens (including phenoxy) is 1. The van der Waals surface area contributed by atoms with E-state index < -0.39 is 0 Å². The van der Waals surface area contributed by atoms with Gasteiger partial charge in [0, 0.05) is 12.1 Å². The molecular formula is C16H26FIN4O. The van der Waals surface area contributed by atoms with E-state index in [1.165, 1.54) is 25.0 Å². The average molecular weight is 436 g/mol. The molecule has 3 N–H and O–H groups in total. The summed E-state index contributed by atoms with van der Waals surface area (Å²) in [5.74, 6) is 0.649. The Morgan fingerprint density at radius 1 is 1.52 bits per heavy atom. The molecule has 7 heteroatoms. The van der Waals surface area contributed by atoms with Gasteiger partial charge in [-0.25, -0.2) is 4.39 Å². The molecule has 1 aliphatic heterocycles. The number of nitrogens with two attached hydrogens (primary N) is 1. The summed E-state index contributed by atoms with van der Waals surface area (Å²) in [5, 5.41) is 3.01. The maximum absolute atomic E-state index is 13.0. The number of likely N-dealkylation sites (tertiary alicyclic amines) is 1. The third-order valence-corrected chi connectivity index (χ3v) is 3.85. The second-order valence-electron chi connectivity index (χ2n) is 5.38. The number of hydrogen-bond acceptors (Lipinski definition) is 3. The molecule has 1 heterocycles. The molecule has 2 rings (SSSR count). The second kappa shape index (κ2) is 10.6. The van der Waals surface area contributed by atoms with Crippen LogP contribution in [-0.2, 0) is 0 Å². The first-order chi connectivity index (χ1) is 10.7. The number of benzene rings is 1. The molecule has 0 aliphatic carbocycles. The van der Waals surface area contributed by atoms with E-state index >= 15 is 0 Å². The summed E-state index contributed by atoms with van der Waals surface area (Å²) in [6.45, 7) is 6.07. The third-order valence-electron chi connectivity index (χ3n) is 3.85. The number of guanidine groups is 1. The lowest BCUT2D eigenvalue weighted by molar-refractivity contribution is 0.273. The van der Waals surface area contributed by atoms with Crippen molar-refractivity contribution < 1.29 is 9.13 Å². The molecule has 1 aromatic carbocycles. The van der Waals surface area contributed by atoms with Crippen molar-refractivity contribution in [1.29, 1.82) is 0 Å². The van der Waals surface area contributed by atoms with E-state index in [-0.39, 0.29) is 29.8 Å². The monoisotopic (exact) mass is 436 g/mol. The van der Waals surface area contributed by atoms with Crippen LogP contribution in [0.25, 0.3) is 0 Å². The van der Waals surface area contributed by atoms with Crippen LogP contribution in [0.15, 0.2) is 29.3 Å². The highest BCUT2D eigenvalue weighted by atomic mass is 127. The number of halogens is 2. The van der Waals surface area contributed by atoms with Crippen LogP contribution in [0.4, 0.5) is 4.39 Å². The van der Waals surface area contributed by atoms with Crippen LogP contribution in [0.5, 0.6) is 5.75 Å². The zero-order chi connectivity index (χ0) is 15.8. The Morgan fingerprint density at radius 2 is 2.35 bits per heavy atom. The minimum atomic E-state index is -0.302. The largest absolute Gasteiger partial charge is 0.492 e. The zero-order valence-corrected chi connectivity index (χ0v) is 15.8. The molecular weight excluding hydrogens is 410 g/mol. The predicted molar refractivity (Wildman–Crippen MR) is 102 cm³/mol. The number of hydrogen-bond donors (Lipinski definition) is 2. The molecule has 0 spiro atoms. The van der Waals surface area contributed by atoms with E-state index in [9.17, 15) is 4.39 Å². The van der Waals surface area contributed by atoms with Crippen molar-refractivity contribution in [3.05, 3.63) is 30.1 Å². The Labute approximate surface area is 154 Å². The molecule has 1 aromatic rings. The molecule has 1 saturated heterocycles. The summed E-state index contributed by atoms with van der Waals surface area (Å²) in [6, 6.07) is 6.60. The Hall–Kier alpha value is -1.09. The highest BCUT2D eigenvalue weighted by molar-refractivity contribution is 14.0. The summed E-state index contributed by atoms with van der Waals surface area (Å²) in [6.07, 6.45) is 2.43. The zero-order valence-electron chi connectivity index (χ0n) is 13.5. The van der Waals surface area contributed by atoms with E-state index in [0.717, 1.165) is 19.6 Å². The molecule has 5 nitrogen and oxygen atoms in total. The van der Waals surface area contributed by atoms with Gasteiger partial charge in [0.1, 0.15) is 18.2 Å². The van der Waals surface area contributed by atoms with Crippen molar-refractivity contribution in [2.24, 2.45) is 10.7 Å². The van der Waals surface area contributed by atoms with Crippen molar-refractivity contribution in [1.82, 2.24) is 10.2 Å². The number of rotatable bonds is 7. The second-order valence-corrected chi connectivity index (χ2v) is 5.38. The summed E-state index contributed by atoms with van der Waals surface area (Å²) in [4.78, 5) is 6.82. The molecule has 1 fully saturated rings. The summed E-state index contributed by atoms with van der Waals surface area (Å²) >= 11 is 0. The fraction of sp³-hybridized carbons (Fsp3) is 0.562. The maximum Gasteiger partial charge on any atom is 0.188 e. The van der Waals surface area contributed by atoms with E-state index in [1.54, 1.807) is 12.1 Å². The number of aliphatic imine (C=N–C) groups is 1. The van der Waals surface area contributed by atoms with E-state index in [4.69, 9.17) is 10.5 Å². The van der Waals surface area contributed by atoms with Gasteiger partial charge in [-0.2, -0.15) is 0 Å². The van der Waals surface area contributed by atoms with Crippen molar-refractivity contribution in [2.45, 2.75) is 25.8 Å². The molecule has 0 amide bonds. The smallest absolute Gasteiger partial charge is 0.188 e. The van der Waals surface area contributed by atoms with Crippen molar-refractivity contribution >= 4 is 29.9 Å². The quantitative estimate of drug-likeness (QED) is 0.298. The molecule has 1 aliphatic rings. The molecule has 0 bridgehead atoms. The third kappa shape index (κ3) is 6.90. The average Bonchev–Trinajstić information content (AvgIpc) is 2.97. The fourth-order valence-corrected chi connectivity index (χ4v) is 2.68. The molecule has 0 saturated carbocycles. The van der Waals surface area contributed by atoms with Crippen LogP contribution in [-0.4, -0.2) is 49.7 Å². The standard InChI is InChI=1S/C16H25FN4O.HI/c1-2-21-9-4-6-14(21)12-20-16(18)19-8-10-22-15-7-3-5-13(17)11-15;/h3,5,7,11,14H,2,4,6,8-10,12H2,1H3,(H3,18,19,20);1H. The maximum atomic E-state index is 13.0. The first-order valence-electron chi connectivity index (χ1n) is 7.85. The lowest BCUT2D eigenvalue weighted by Gasteiger charge is -2.20. The Balaban J connectivity index is 0.00000264. The minimum absolute atomic E-state index is 0. The van der Waals surface area contributed by atoms with E-state index in [2.05, 4.69) is 22.1 Å². The van der Waals surface area contributed by atoms with Gasteiger partial charge in [-0.1, -0.05) is 13.0 Å². The number of likely N-dealkylation sites (N-methyl/N-ethyl adjacent to an activating group) is 1. The van der Waals surface area contributed by atoms with Crippen molar-refractivity contribution in [2.75, 3.05) is 32.8 Å². The van der Waals surface area contributed by atoms with Gasteiger partial charge in [0.05, 0.1) is 13.1 Å². The lowest BCUT2D eigenvalue weighted by atomic mass is 10.2. The minimum Gasteiger partial charge on any atom is -0.492 e. The Kier molecular flexibility index (Phi) is 9.23. The van der Waals surface area contributed by atoms with Crippen LogP contribution < -0.4 is 15.8 Å². The normalized spacial score (nSPS) is 18.5.